The summed E-state index contributed by atoms with van der Waals surface area (Å²) in [6.45, 7) is 4.86. The number of hydrogen-bond acceptors (Lipinski definition) is 3. The van der Waals surface area contributed by atoms with E-state index in [1.807, 2.05) is 12.1 Å². The van der Waals surface area contributed by atoms with Crippen LogP contribution in [0.5, 0.6) is 0 Å². The van der Waals surface area contributed by atoms with E-state index < -0.39 is 0 Å². The van der Waals surface area contributed by atoms with Gasteiger partial charge in [-0.3, -0.25) is 0 Å². The Hall–Kier alpha value is -0.800. The normalized spacial score (nSPS) is 17.5. The summed E-state index contributed by atoms with van der Waals surface area (Å²) in [7, 11) is 0. The van der Waals surface area contributed by atoms with E-state index in [0.29, 0.717) is 11.6 Å². The van der Waals surface area contributed by atoms with Crippen molar-refractivity contribution >= 4 is 17.4 Å². The van der Waals surface area contributed by atoms with Crippen molar-refractivity contribution in [2.45, 2.75) is 32.7 Å². The molecule has 1 aliphatic heterocycles. The molecule has 0 bridgehead atoms. The lowest BCUT2D eigenvalue weighted by Gasteiger charge is -2.32. The minimum Gasteiger partial charge on any atom is -0.357 e. The Bertz CT molecular complexity index is 373. The van der Waals surface area contributed by atoms with Gasteiger partial charge in [0.1, 0.15) is 5.82 Å². The second-order valence-electron chi connectivity index (χ2n) is 4.64. The van der Waals surface area contributed by atoms with Gasteiger partial charge in [-0.15, -0.1) is 0 Å². The van der Waals surface area contributed by atoms with Crippen molar-refractivity contribution in [3.8, 4) is 0 Å². The molecular formula is C13H20ClN3. The molecule has 1 saturated heterocycles. The predicted octanol–water partition coefficient (Wildman–Crippen LogP) is 2.82. The Labute approximate surface area is 108 Å². The van der Waals surface area contributed by atoms with E-state index in [2.05, 4.69) is 16.8 Å². The molecule has 0 radical (unpaired) electrons. The number of nitrogens with two attached hydrogens (primary N) is 1. The first-order chi connectivity index (χ1) is 8.24. The fraction of sp³-hybridized carbons (Fsp3) is 0.615. The Kier molecular flexibility index (Phi) is 4.24. The molecule has 0 atom stereocenters. The monoisotopic (exact) mass is 253 g/mol. The van der Waals surface area contributed by atoms with Gasteiger partial charge in [0.25, 0.3) is 0 Å². The third-order valence-corrected chi connectivity index (χ3v) is 3.96. The maximum Gasteiger partial charge on any atom is 0.128 e. The molecule has 2 N–H and O–H groups in total. The summed E-state index contributed by atoms with van der Waals surface area (Å²) < 4.78 is 0. The van der Waals surface area contributed by atoms with Crippen molar-refractivity contribution in [2.75, 3.05) is 18.0 Å². The van der Waals surface area contributed by atoms with Crippen LogP contribution in [-0.4, -0.2) is 18.1 Å². The zero-order chi connectivity index (χ0) is 12.3. The highest BCUT2D eigenvalue weighted by Gasteiger charge is 2.19. The second kappa shape index (κ2) is 5.69. The van der Waals surface area contributed by atoms with Gasteiger partial charge in [-0.2, -0.15) is 0 Å². The third kappa shape index (κ3) is 2.90. The zero-order valence-electron chi connectivity index (χ0n) is 10.3. The van der Waals surface area contributed by atoms with E-state index in [-0.39, 0.29) is 0 Å². The highest BCUT2D eigenvalue weighted by Crippen LogP contribution is 2.25. The molecule has 2 rings (SSSR count). The van der Waals surface area contributed by atoms with E-state index in [9.17, 15) is 0 Å². The van der Waals surface area contributed by atoms with Crippen LogP contribution in [-0.2, 0) is 6.54 Å². The van der Waals surface area contributed by atoms with E-state index in [1.54, 1.807) is 0 Å². The number of halogens is 1. The van der Waals surface area contributed by atoms with E-state index in [0.717, 1.165) is 30.5 Å². The fourth-order valence-corrected chi connectivity index (χ4v) is 2.54. The van der Waals surface area contributed by atoms with Crippen molar-refractivity contribution in [2.24, 2.45) is 11.7 Å². The van der Waals surface area contributed by atoms with Gasteiger partial charge < -0.3 is 10.6 Å². The first-order valence-electron chi connectivity index (χ1n) is 6.35. The lowest BCUT2D eigenvalue weighted by atomic mass is 9.94. The maximum absolute atomic E-state index is 6.02. The number of anilines is 1. The molecule has 0 aromatic carbocycles. The average Bonchev–Trinajstić information content (AvgIpc) is 2.39. The van der Waals surface area contributed by atoms with Crippen LogP contribution in [0.25, 0.3) is 0 Å². The quantitative estimate of drug-likeness (QED) is 0.901. The minimum absolute atomic E-state index is 0.401. The Morgan fingerprint density at radius 3 is 2.71 bits per heavy atom. The van der Waals surface area contributed by atoms with Crippen molar-refractivity contribution in [1.82, 2.24) is 4.98 Å². The van der Waals surface area contributed by atoms with Gasteiger partial charge in [0, 0.05) is 19.6 Å². The molecule has 1 fully saturated rings. The lowest BCUT2D eigenvalue weighted by molar-refractivity contribution is 0.393. The SMILES string of the molecule is CCC1CCN(c2ccc(Cl)c(CN)n2)CC1. The molecule has 1 aromatic rings. The Balaban J connectivity index is 2.08. The molecule has 2 heterocycles. The standard InChI is InChI=1S/C13H20ClN3/c1-2-10-5-7-17(8-6-10)13-4-3-11(14)12(9-15)16-13/h3-4,10H,2,5-9,15H2,1H3. The molecule has 4 heteroatoms. The first-order valence-corrected chi connectivity index (χ1v) is 6.72. The van der Waals surface area contributed by atoms with Gasteiger partial charge in [-0.25, -0.2) is 4.98 Å². The third-order valence-electron chi connectivity index (χ3n) is 3.61. The molecule has 3 nitrogen and oxygen atoms in total. The molecule has 0 amide bonds. The number of nitrogens with zero attached hydrogens (tertiary/aromatic N) is 2. The van der Waals surface area contributed by atoms with Gasteiger partial charge in [0.05, 0.1) is 10.7 Å². The summed E-state index contributed by atoms with van der Waals surface area (Å²) in [5, 5.41) is 0.666. The van der Waals surface area contributed by atoms with Gasteiger partial charge in [-0.05, 0) is 30.9 Å². The van der Waals surface area contributed by atoms with Gasteiger partial charge in [0.2, 0.25) is 0 Å². The van der Waals surface area contributed by atoms with Gasteiger partial charge >= 0.3 is 0 Å². The van der Waals surface area contributed by atoms with Gasteiger partial charge in [0.15, 0.2) is 0 Å². The summed E-state index contributed by atoms with van der Waals surface area (Å²) >= 11 is 6.02. The molecule has 0 saturated carbocycles. The Morgan fingerprint density at radius 1 is 1.41 bits per heavy atom. The van der Waals surface area contributed by atoms with E-state index >= 15 is 0 Å². The molecular weight excluding hydrogens is 234 g/mol. The molecule has 0 unspecified atom stereocenters. The lowest BCUT2D eigenvalue weighted by Crippen LogP contribution is -2.34. The second-order valence-corrected chi connectivity index (χ2v) is 5.05. The number of hydrogen-bond donors (Lipinski definition) is 1. The fourth-order valence-electron chi connectivity index (χ4n) is 2.36. The van der Waals surface area contributed by atoms with Crippen molar-refractivity contribution in [3.05, 3.63) is 22.8 Å². The number of aromatic nitrogens is 1. The molecule has 0 spiro atoms. The van der Waals surface area contributed by atoms with Crippen LogP contribution in [0.3, 0.4) is 0 Å². The van der Waals surface area contributed by atoms with Crippen LogP contribution in [0.15, 0.2) is 12.1 Å². The first kappa shape index (κ1) is 12.7. The van der Waals surface area contributed by atoms with Crippen LogP contribution in [0.1, 0.15) is 31.9 Å². The summed E-state index contributed by atoms with van der Waals surface area (Å²) in [6, 6.07) is 3.89. The van der Waals surface area contributed by atoms with Crippen LogP contribution in [0.2, 0.25) is 5.02 Å². The van der Waals surface area contributed by atoms with Crippen LogP contribution < -0.4 is 10.6 Å². The topological polar surface area (TPSA) is 42.1 Å². The molecule has 1 aromatic heterocycles. The summed E-state index contributed by atoms with van der Waals surface area (Å²) in [4.78, 5) is 6.87. The molecule has 0 aliphatic carbocycles. The van der Waals surface area contributed by atoms with E-state index in [4.69, 9.17) is 17.3 Å². The van der Waals surface area contributed by atoms with Crippen LogP contribution >= 0.6 is 11.6 Å². The summed E-state index contributed by atoms with van der Waals surface area (Å²) in [5.74, 6) is 1.90. The molecule has 1 aliphatic rings. The van der Waals surface area contributed by atoms with Crippen molar-refractivity contribution < 1.29 is 0 Å². The summed E-state index contributed by atoms with van der Waals surface area (Å²) in [5.41, 5.74) is 6.42. The zero-order valence-corrected chi connectivity index (χ0v) is 11.1. The maximum atomic E-state index is 6.02. The number of pyridine rings is 1. The predicted molar refractivity (Wildman–Crippen MR) is 72.4 cm³/mol. The average molecular weight is 254 g/mol. The van der Waals surface area contributed by atoms with Crippen molar-refractivity contribution in [3.63, 3.8) is 0 Å². The van der Waals surface area contributed by atoms with Crippen molar-refractivity contribution in [1.29, 1.82) is 0 Å². The van der Waals surface area contributed by atoms with Crippen LogP contribution in [0, 0.1) is 5.92 Å². The highest BCUT2D eigenvalue weighted by molar-refractivity contribution is 6.31. The summed E-state index contributed by atoms with van der Waals surface area (Å²) in [6.07, 6.45) is 3.81. The smallest absolute Gasteiger partial charge is 0.128 e. The Morgan fingerprint density at radius 2 is 2.12 bits per heavy atom. The molecule has 17 heavy (non-hydrogen) atoms. The minimum atomic E-state index is 0.401. The number of piperidine rings is 1. The van der Waals surface area contributed by atoms with Crippen LogP contribution in [0.4, 0.5) is 5.82 Å². The number of rotatable bonds is 3. The van der Waals surface area contributed by atoms with E-state index in [1.165, 1.54) is 19.3 Å². The highest BCUT2D eigenvalue weighted by atomic mass is 35.5. The van der Waals surface area contributed by atoms with Gasteiger partial charge in [-0.1, -0.05) is 24.9 Å². The molecule has 94 valence electrons. The largest absolute Gasteiger partial charge is 0.357 e.